The highest BCUT2D eigenvalue weighted by molar-refractivity contribution is 4.73. The maximum atomic E-state index is 5.28. The van der Waals surface area contributed by atoms with Crippen molar-refractivity contribution in [3.63, 3.8) is 0 Å². The van der Waals surface area contributed by atoms with Crippen LogP contribution in [0, 0.1) is 0 Å². The molecule has 1 aromatic rings. The molecule has 0 atom stereocenters. The molecular weight excluding hydrogens is 298 g/mol. The number of hydrogen-bond donors (Lipinski definition) is 1. The zero-order valence-electron chi connectivity index (χ0n) is 15.6. The van der Waals surface area contributed by atoms with E-state index in [-0.39, 0.29) is 0 Å². The summed E-state index contributed by atoms with van der Waals surface area (Å²) in [4.78, 5) is 4.07. The van der Waals surface area contributed by atoms with E-state index in [4.69, 9.17) is 10.5 Å². The molecule has 0 unspecified atom stereocenters. The highest BCUT2D eigenvalue weighted by atomic mass is 16.5. The monoisotopic (exact) mass is 337 g/mol. The summed E-state index contributed by atoms with van der Waals surface area (Å²) in [5.41, 5.74) is 5.28. The zero-order chi connectivity index (χ0) is 17.1. The van der Waals surface area contributed by atoms with Gasteiger partial charge in [-0.15, -0.1) is 0 Å². The van der Waals surface area contributed by atoms with Crippen molar-refractivity contribution in [2.75, 3.05) is 13.3 Å². The van der Waals surface area contributed by atoms with Gasteiger partial charge in [-0.1, -0.05) is 77.0 Å². The molecule has 0 radical (unpaired) electrons. The zero-order valence-corrected chi connectivity index (χ0v) is 15.6. The predicted molar refractivity (Wildman–Crippen MR) is 102 cm³/mol. The summed E-state index contributed by atoms with van der Waals surface area (Å²) in [5, 5.41) is 0. The molecule has 4 nitrogen and oxygen atoms in total. The van der Waals surface area contributed by atoms with Gasteiger partial charge in [0.15, 0.2) is 0 Å². The summed E-state index contributed by atoms with van der Waals surface area (Å²) in [7, 11) is 0. The van der Waals surface area contributed by atoms with Gasteiger partial charge in [0.1, 0.15) is 0 Å². The van der Waals surface area contributed by atoms with Crippen LogP contribution in [0.2, 0.25) is 0 Å². The third-order valence-electron chi connectivity index (χ3n) is 4.63. The molecular formula is C20H39N3O. The molecule has 1 rings (SSSR count). The van der Waals surface area contributed by atoms with E-state index >= 15 is 0 Å². The van der Waals surface area contributed by atoms with Gasteiger partial charge in [-0.05, 0) is 12.8 Å². The van der Waals surface area contributed by atoms with Gasteiger partial charge in [-0.25, -0.2) is 4.98 Å². The fourth-order valence-electron chi connectivity index (χ4n) is 3.12. The van der Waals surface area contributed by atoms with E-state index < -0.39 is 0 Å². The summed E-state index contributed by atoms with van der Waals surface area (Å²) >= 11 is 0. The van der Waals surface area contributed by atoms with Crippen molar-refractivity contribution in [1.82, 2.24) is 9.55 Å². The second-order valence-electron chi connectivity index (χ2n) is 6.83. The third-order valence-corrected chi connectivity index (χ3v) is 4.63. The van der Waals surface area contributed by atoms with Crippen LogP contribution in [0.1, 0.15) is 89.9 Å². The Bertz CT molecular complexity index is 341. The molecule has 2 N–H and O–H groups in total. The first-order valence-corrected chi connectivity index (χ1v) is 10.2. The highest BCUT2D eigenvalue weighted by Crippen LogP contribution is 2.13. The Morgan fingerprint density at radius 2 is 1.21 bits per heavy atom. The molecule has 0 aliphatic heterocycles. The van der Waals surface area contributed by atoms with Crippen LogP contribution in [0.3, 0.4) is 0 Å². The topological polar surface area (TPSA) is 53.1 Å². The summed E-state index contributed by atoms with van der Waals surface area (Å²) in [6, 6.07) is 0. The average Bonchev–Trinajstić information content (AvgIpc) is 3.11. The maximum absolute atomic E-state index is 5.28. The summed E-state index contributed by atoms with van der Waals surface area (Å²) < 4.78 is 7.31. The molecule has 0 spiro atoms. The molecule has 1 aromatic heterocycles. The van der Waals surface area contributed by atoms with E-state index in [9.17, 15) is 0 Å². The maximum Gasteiger partial charge on any atom is 0.0945 e. The van der Waals surface area contributed by atoms with Crippen molar-refractivity contribution < 1.29 is 4.74 Å². The second kappa shape index (κ2) is 17.0. The fraction of sp³-hybridized carbons (Fsp3) is 0.850. The SMILES string of the molecule is NCOCCCCCCCCCCCCCCCCn1ccnc1. The number of ether oxygens (including phenoxy) is 1. The molecule has 0 saturated heterocycles. The lowest BCUT2D eigenvalue weighted by molar-refractivity contribution is 0.136. The Morgan fingerprint density at radius 1 is 0.708 bits per heavy atom. The average molecular weight is 338 g/mol. The van der Waals surface area contributed by atoms with Gasteiger partial charge >= 0.3 is 0 Å². The van der Waals surface area contributed by atoms with E-state index in [1.165, 1.54) is 89.9 Å². The van der Waals surface area contributed by atoms with Gasteiger partial charge in [0.25, 0.3) is 0 Å². The number of unbranched alkanes of at least 4 members (excludes halogenated alkanes) is 13. The number of nitrogens with zero attached hydrogens (tertiary/aromatic N) is 2. The van der Waals surface area contributed by atoms with Crippen molar-refractivity contribution in [3.8, 4) is 0 Å². The minimum Gasteiger partial charge on any atom is -0.367 e. The lowest BCUT2D eigenvalue weighted by Gasteiger charge is -2.04. The van der Waals surface area contributed by atoms with Crippen molar-refractivity contribution in [2.45, 2.75) is 96.4 Å². The Kier molecular flexibility index (Phi) is 15.0. The van der Waals surface area contributed by atoms with Crippen LogP contribution >= 0.6 is 0 Å². The van der Waals surface area contributed by atoms with Crippen LogP contribution in [0.4, 0.5) is 0 Å². The van der Waals surface area contributed by atoms with Gasteiger partial charge in [-0.3, -0.25) is 0 Å². The van der Waals surface area contributed by atoms with Crippen LogP contribution in [0.5, 0.6) is 0 Å². The second-order valence-corrected chi connectivity index (χ2v) is 6.83. The summed E-state index contributed by atoms with van der Waals surface area (Å²) in [6.45, 7) is 2.33. The predicted octanol–water partition coefficient (Wildman–Crippen LogP) is 5.28. The standard InChI is InChI=1S/C20H39N3O/c21-19-24-18-14-12-10-8-6-4-2-1-3-5-7-9-11-13-16-23-17-15-22-20-23/h15,17,20H,1-14,16,18-19,21H2. The largest absolute Gasteiger partial charge is 0.367 e. The lowest BCUT2D eigenvalue weighted by atomic mass is 10.0. The summed E-state index contributed by atoms with van der Waals surface area (Å²) in [6.07, 6.45) is 25.0. The number of aromatic nitrogens is 2. The van der Waals surface area contributed by atoms with Crippen molar-refractivity contribution in [1.29, 1.82) is 0 Å². The molecule has 0 bridgehead atoms. The third kappa shape index (κ3) is 13.6. The molecule has 0 saturated carbocycles. The van der Waals surface area contributed by atoms with E-state index in [1.807, 2.05) is 12.5 Å². The van der Waals surface area contributed by atoms with E-state index in [1.54, 1.807) is 0 Å². The molecule has 24 heavy (non-hydrogen) atoms. The van der Waals surface area contributed by atoms with Gasteiger partial charge in [-0.2, -0.15) is 0 Å². The van der Waals surface area contributed by atoms with Gasteiger partial charge in [0, 0.05) is 25.5 Å². The van der Waals surface area contributed by atoms with Crippen LogP contribution in [-0.4, -0.2) is 22.9 Å². The number of aryl methyl sites for hydroxylation is 1. The molecule has 0 aliphatic carbocycles. The minimum atomic E-state index is 0.367. The Morgan fingerprint density at radius 3 is 1.67 bits per heavy atom. The first-order chi connectivity index (χ1) is 11.9. The van der Waals surface area contributed by atoms with Gasteiger partial charge in [0.05, 0.1) is 13.1 Å². The number of rotatable bonds is 18. The first kappa shape index (κ1) is 21.2. The van der Waals surface area contributed by atoms with E-state index in [0.717, 1.165) is 13.2 Å². The molecule has 0 aliphatic rings. The minimum absolute atomic E-state index is 0.367. The number of hydrogen-bond acceptors (Lipinski definition) is 3. The number of nitrogens with two attached hydrogens (primary N) is 1. The van der Waals surface area contributed by atoms with Crippen LogP contribution in [0.15, 0.2) is 18.7 Å². The lowest BCUT2D eigenvalue weighted by Crippen LogP contribution is -2.05. The molecule has 140 valence electrons. The molecule has 0 aromatic carbocycles. The molecule has 4 heteroatoms. The van der Waals surface area contributed by atoms with Crippen LogP contribution < -0.4 is 5.73 Å². The van der Waals surface area contributed by atoms with Crippen molar-refractivity contribution in [2.24, 2.45) is 5.73 Å². The van der Waals surface area contributed by atoms with Crippen LogP contribution in [0.25, 0.3) is 0 Å². The van der Waals surface area contributed by atoms with Gasteiger partial charge < -0.3 is 15.0 Å². The smallest absolute Gasteiger partial charge is 0.0945 e. The normalized spacial score (nSPS) is 11.2. The van der Waals surface area contributed by atoms with E-state index in [2.05, 4.69) is 15.7 Å². The molecule has 0 fully saturated rings. The Hall–Kier alpha value is -0.870. The Balaban J connectivity index is 1.66. The quantitative estimate of drug-likeness (QED) is 0.293. The Labute approximate surface area is 149 Å². The fourth-order valence-corrected chi connectivity index (χ4v) is 3.12. The molecule has 0 amide bonds. The van der Waals surface area contributed by atoms with Crippen molar-refractivity contribution in [3.05, 3.63) is 18.7 Å². The van der Waals surface area contributed by atoms with Gasteiger partial charge in [0.2, 0.25) is 0 Å². The van der Waals surface area contributed by atoms with Crippen LogP contribution in [-0.2, 0) is 11.3 Å². The number of imidazole rings is 1. The first-order valence-electron chi connectivity index (χ1n) is 10.2. The highest BCUT2D eigenvalue weighted by Gasteiger charge is 1.95. The van der Waals surface area contributed by atoms with E-state index in [0.29, 0.717) is 6.73 Å². The summed E-state index contributed by atoms with van der Waals surface area (Å²) in [5.74, 6) is 0. The molecule has 1 heterocycles. The van der Waals surface area contributed by atoms with Crippen molar-refractivity contribution >= 4 is 0 Å².